The van der Waals surface area contributed by atoms with E-state index in [0.29, 0.717) is 12.1 Å². The van der Waals surface area contributed by atoms with Gasteiger partial charge < -0.3 is 15.4 Å². The van der Waals surface area contributed by atoms with Crippen LogP contribution >= 0.6 is 0 Å². The van der Waals surface area contributed by atoms with Gasteiger partial charge in [0.2, 0.25) is 0 Å². The maximum absolute atomic E-state index is 9.16. The molecule has 108 valence electrons. The van der Waals surface area contributed by atoms with Crippen LogP contribution in [0.15, 0.2) is 24.3 Å². The van der Waals surface area contributed by atoms with Crippen molar-refractivity contribution in [2.45, 2.75) is 51.1 Å². The highest BCUT2D eigenvalue weighted by atomic mass is 16.3. The molecule has 3 heteroatoms. The van der Waals surface area contributed by atoms with Crippen molar-refractivity contribution in [2.75, 3.05) is 6.61 Å². The standard InChI is InChI=1S/C17H24N2O/c1-2-12(10-11-20)18-16-9-5-7-14-13-6-3-4-8-15(13)19-17(14)16/h3-4,6,8,12,16,18-20H,2,5,7,9-11H2,1H3. The van der Waals surface area contributed by atoms with Crippen LogP contribution in [0.4, 0.5) is 0 Å². The van der Waals surface area contributed by atoms with Gasteiger partial charge in [0, 0.05) is 35.3 Å². The van der Waals surface area contributed by atoms with Crippen LogP contribution in [-0.2, 0) is 6.42 Å². The van der Waals surface area contributed by atoms with Crippen molar-refractivity contribution in [1.29, 1.82) is 0 Å². The van der Waals surface area contributed by atoms with Crippen molar-refractivity contribution in [3.05, 3.63) is 35.5 Å². The van der Waals surface area contributed by atoms with Gasteiger partial charge in [0.15, 0.2) is 0 Å². The number of fused-ring (bicyclic) bond motifs is 3. The SMILES string of the molecule is CCC(CCO)NC1CCCc2c1[nH]c1ccccc21. The molecule has 0 spiro atoms. The second kappa shape index (κ2) is 5.98. The van der Waals surface area contributed by atoms with E-state index in [4.69, 9.17) is 5.11 Å². The molecule has 3 N–H and O–H groups in total. The number of nitrogens with one attached hydrogen (secondary N) is 2. The van der Waals surface area contributed by atoms with E-state index >= 15 is 0 Å². The molecule has 0 aliphatic heterocycles. The van der Waals surface area contributed by atoms with E-state index in [1.54, 1.807) is 0 Å². The Morgan fingerprint density at radius 2 is 2.25 bits per heavy atom. The Bertz CT molecular complexity index is 575. The van der Waals surface area contributed by atoms with Gasteiger partial charge in [-0.05, 0) is 43.7 Å². The monoisotopic (exact) mass is 272 g/mol. The minimum atomic E-state index is 0.262. The number of benzene rings is 1. The van der Waals surface area contributed by atoms with Crippen molar-refractivity contribution >= 4 is 10.9 Å². The molecule has 1 heterocycles. The highest BCUT2D eigenvalue weighted by molar-refractivity contribution is 5.85. The van der Waals surface area contributed by atoms with Crippen molar-refractivity contribution in [2.24, 2.45) is 0 Å². The molecule has 2 unspecified atom stereocenters. The Morgan fingerprint density at radius 3 is 3.05 bits per heavy atom. The fraction of sp³-hybridized carbons (Fsp3) is 0.529. The van der Waals surface area contributed by atoms with E-state index in [1.165, 1.54) is 41.4 Å². The van der Waals surface area contributed by atoms with E-state index < -0.39 is 0 Å². The third kappa shape index (κ3) is 2.48. The number of aryl methyl sites for hydroxylation is 1. The topological polar surface area (TPSA) is 48.0 Å². The van der Waals surface area contributed by atoms with E-state index in [-0.39, 0.29) is 6.61 Å². The molecule has 0 amide bonds. The number of hydrogen-bond acceptors (Lipinski definition) is 2. The molecule has 3 nitrogen and oxygen atoms in total. The van der Waals surface area contributed by atoms with Crippen LogP contribution in [0.5, 0.6) is 0 Å². The number of hydrogen-bond donors (Lipinski definition) is 3. The summed E-state index contributed by atoms with van der Waals surface area (Å²) in [6.07, 6.45) is 5.49. The molecule has 0 radical (unpaired) electrons. The van der Waals surface area contributed by atoms with Crippen molar-refractivity contribution < 1.29 is 5.11 Å². The zero-order valence-corrected chi connectivity index (χ0v) is 12.2. The Labute approximate surface area is 120 Å². The molecule has 1 aliphatic carbocycles. The molecule has 0 saturated carbocycles. The zero-order chi connectivity index (χ0) is 13.9. The lowest BCUT2D eigenvalue weighted by Gasteiger charge is -2.28. The molecule has 0 saturated heterocycles. The molecule has 1 aliphatic rings. The lowest BCUT2D eigenvalue weighted by atomic mass is 9.91. The number of aliphatic hydroxyl groups is 1. The summed E-state index contributed by atoms with van der Waals surface area (Å²) in [6.45, 7) is 2.44. The molecule has 0 bridgehead atoms. The fourth-order valence-corrected chi connectivity index (χ4v) is 3.43. The normalized spacial score (nSPS) is 20.0. The van der Waals surface area contributed by atoms with Gasteiger partial charge in [0.25, 0.3) is 0 Å². The molecular weight excluding hydrogens is 248 g/mol. The van der Waals surface area contributed by atoms with Gasteiger partial charge in [0.1, 0.15) is 0 Å². The number of rotatable bonds is 5. The van der Waals surface area contributed by atoms with Crippen LogP contribution in [0.1, 0.15) is 49.9 Å². The van der Waals surface area contributed by atoms with E-state index in [9.17, 15) is 0 Å². The Balaban J connectivity index is 1.89. The van der Waals surface area contributed by atoms with Crippen LogP contribution in [0.25, 0.3) is 10.9 Å². The first-order valence-corrected chi connectivity index (χ1v) is 7.80. The Hall–Kier alpha value is -1.32. The summed E-state index contributed by atoms with van der Waals surface area (Å²) >= 11 is 0. The van der Waals surface area contributed by atoms with Gasteiger partial charge in [-0.15, -0.1) is 0 Å². The first kappa shape index (κ1) is 13.7. The van der Waals surface area contributed by atoms with Gasteiger partial charge >= 0.3 is 0 Å². The van der Waals surface area contributed by atoms with Crippen LogP contribution < -0.4 is 5.32 Å². The predicted octanol–water partition coefficient (Wildman–Crippen LogP) is 3.30. The summed E-state index contributed by atoms with van der Waals surface area (Å²) in [6, 6.07) is 9.40. The molecule has 20 heavy (non-hydrogen) atoms. The van der Waals surface area contributed by atoms with E-state index in [0.717, 1.165) is 12.8 Å². The summed E-state index contributed by atoms with van der Waals surface area (Å²) in [5, 5.41) is 14.3. The molecule has 2 atom stereocenters. The lowest BCUT2D eigenvalue weighted by Crippen LogP contribution is -2.35. The summed E-state index contributed by atoms with van der Waals surface area (Å²) in [7, 11) is 0. The average molecular weight is 272 g/mol. The minimum absolute atomic E-state index is 0.262. The van der Waals surface area contributed by atoms with Crippen LogP contribution in [-0.4, -0.2) is 22.7 Å². The minimum Gasteiger partial charge on any atom is -0.396 e. The first-order chi connectivity index (χ1) is 9.83. The van der Waals surface area contributed by atoms with Crippen LogP contribution in [0.3, 0.4) is 0 Å². The summed E-state index contributed by atoms with van der Waals surface area (Å²) in [4.78, 5) is 3.61. The highest BCUT2D eigenvalue weighted by Gasteiger charge is 2.25. The Morgan fingerprint density at radius 1 is 1.40 bits per heavy atom. The highest BCUT2D eigenvalue weighted by Crippen LogP contribution is 2.35. The van der Waals surface area contributed by atoms with Crippen LogP contribution in [0, 0.1) is 0 Å². The zero-order valence-electron chi connectivity index (χ0n) is 12.2. The number of aromatic nitrogens is 1. The first-order valence-electron chi connectivity index (χ1n) is 7.80. The number of aromatic amines is 1. The molecule has 2 aromatic rings. The number of aliphatic hydroxyl groups excluding tert-OH is 1. The van der Waals surface area contributed by atoms with E-state index in [2.05, 4.69) is 41.5 Å². The summed E-state index contributed by atoms with van der Waals surface area (Å²) in [5.41, 5.74) is 4.11. The van der Waals surface area contributed by atoms with Crippen molar-refractivity contribution in [1.82, 2.24) is 10.3 Å². The smallest absolute Gasteiger partial charge is 0.0478 e. The number of H-pyrrole nitrogens is 1. The van der Waals surface area contributed by atoms with Gasteiger partial charge in [-0.1, -0.05) is 25.1 Å². The molecule has 1 aromatic heterocycles. The third-order valence-corrected chi connectivity index (χ3v) is 4.52. The summed E-state index contributed by atoms with van der Waals surface area (Å²) in [5.74, 6) is 0. The van der Waals surface area contributed by atoms with Gasteiger partial charge in [-0.3, -0.25) is 0 Å². The van der Waals surface area contributed by atoms with Gasteiger partial charge in [0.05, 0.1) is 0 Å². The lowest BCUT2D eigenvalue weighted by molar-refractivity contribution is 0.251. The molecular formula is C17H24N2O. The largest absolute Gasteiger partial charge is 0.396 e. The predicted molar refractivity (Wildman–Crippen MR) is 82.9 cm³/mol. The molecule has 0 fully saturated rings. The molecule has 3 rings (SSSR count). The van der Waals surface area contributed by atoms with Crippen molar-refractivity contribution in [3.63, 3.8) is 0 Å². The van der Waals surface area contributed by atoms with Gasteiger partial charge in [-0.25, -0.2) is 0 Å². The Kier molecular flexibility index (Phi) is 4.08. The van der Waals surface area contributed by atoms with E-state index in [1.807, 2.05) is 0 Å². The second-order valence-corrected chi connectivity index (χ2v) is 5.79. The molecule has 1 aromatic carbocycles. The second-order valence-electron chi connectivity index (χ2n) is 5.79. The maximum atomic E-state index is 9.16. The van der Waals surface area contributed by atoms with Crippen molar-refractivity contribution in [3.8, 4) is 0 Å². The van der Waals surface area contributed by atoms with Gasteiger partial charge in [-0.2, -0.15) is 0 Å². The third-order valence-electron chi connectivity index (χ3n) is 4.52. The number of para-hydroxylation sites is 1. The summed E-state index contributed by atoms with van der Waals surface area (Å²) < 4.78 is 0. The van der Waals surface area contributed by atoms with Crippen LogP contribution in [0.2, 0.25) is 0 Å². The average Bonchev–Trinajstić information content (AvgIpc) is 2.86. The quantitative estimate of drug-likeness (QED) is 0.782. The fourth-order valence-electron chi connectivity index (χ4n) is 3.43. The maximum Gasteiger partial charge on any atom is 0.0478 e.